The Bertz CT molecular complexity index is 984. The molecule has 0 aliphatic carbocycles. The van der Waals surface area contributed by atoms with E-state index in [1.165, 1.54) is 0 Å². The van der Waals surface area contributed by atoms with Crippen molar-refractivity contribution in [2.45, 2.75) is 0 Å². The van der Waals surface area contributed by atoms with Gasteiger partial charge in [-0.15, -0.1) is 0 Å². The summed E-state index contributed by atoms with van der Waals surface area (Å²) in [7, 11) is 2.06. The van der Waals surface area contributed by atoms with Gasteiger partial charge in [0.25, 0.3) is 11.8 Å². The lowest BCUT2D eigenvalue weighted by atomic mass is 10.1. The third kappa shape index (κ3) is 2.64. The summed E-state index contributed by atoms with van der Waals surface area (Å²) >= 11 is 0. The van der Waals surface area contributed by atoms with Gasteiger partial charge in [0, 0.05) is 48.0 Å². The van der Waals surface area contributed by atoms with Gasteiger partial charge in [-0.2, -0.15) is 0 Å². The minimum absolute atomic E-state index is 0.0452. The highest BCUT2D eigenvalue weighted by atomic mass is 16.2. The normalized spacial score (nSPS) is 15.8. The summed E-state index contributed by atoms with van der Waals surface area (Å²) in [5.74, 6) is -0.422. The van der Waals surface area contributed by atoms with E-state index in [1.807, 2.05) is 35.2 Å². The van der Waals surface area contributed by atoms with Crippen LogP contribution in [0.5, 0.6) is 0 Å². The molecule has 1 saturated heterocycles. The van der Waals surface area contributed by atoms with Crippen molar-refractivity contribution in [2.24, 2.45) is 5.73 Å². The number of rotatable bonds is 2. The SMILES string of the molecule is CN1CCN(C(=O)c2ccc3c(c2)[nH]c2c(C(N)=O)cccc23)CC1. The van der Waals surface area contributed by atoms with Crippen LogP contribution in [0.4, 0.5) is 0 Å². The summed E-state index contributed by atoms with van der Waals surface area (Å²) in [5.41, 5.74) is 8.13. The van der Waals surface area contributed by atoms with Crippen molar-refractivity contribution in [1.82, 2.24) is 14.8 Å². The quantitative estimate of drug-likeness (QED) is 0.749. The number of nitrogens with two attached hydrogens (primary N) is 1. The molecule has 6 nitrogen and oxygen atoms in total. The predicted octanol–water partition coefficient (Wildman–Crippen LogP) is 1.81. The first-order valence-electron chi connectivity index (χ1n) is 8.36. The number of carbonyl (C=O) groups excluding carboxylic acids is 2. The fraction of sp³-hybridized carbons (Fsp3) is 0.263. The number of hydrogen-bond donors (Lipinski definition) is 2. The van der Waals surface area contributed by atoms with Crippen LogP contribution < -0.4 is 5.73 Å². The van der Waals surface area contributed by atoms with E-state index in [2.05, 4.69) is 16.9 Å². The molecule has 3 aromatic rings. The average molecular weight is 336 g/mol. The third-order valence-corrected chi connectivity index (χ3v) is 4.94. The Morgan fingerprint density at radius 1 is 1.04 bits per heavy atom. The van der Waals surface area contributed by atoms with Gasteiger partial charge in [-0.3, -0.25) is 9.59 Å². The number of H-pyrrole nitrogens is 1. The number of aromatic nitrogens is 1. The second kappa shape index (κ2) is 5.89. The molecule has 0 bridgehead atoms. The molecule has 0 atom stereocenters. The number of nitrogens with zero attached hydrogens (tertiary/aromatic N) is 2. The van der Waals surface area contributed by atoms with Crippen LogP contribution in [0.2, 0.25) is 0 Å². The number of para-hydroxylation sites is 1. The molecule has 25 heavy (non-hydrogen) atoms. The van der Waals surface area contributed by atoms with Crippen LogP contribution in [0.1, 0.15) is 20.7 Å². The fourth-order valence-electron chi connectivity index (χ4n) is 3.46. The summed E-state index contributed by atoms with van der Waals surface area (Å²) in [4.78, 5) is 31.8. The first-order valence-corrected chi connectivity index (χ1v) is 8.36. The second-order valence-corrected chi connectivity index (χ2v) is 6.57. The lowest BCUT2D eigenvalue weighted by Crippen LogP contribution is -2.47. The predicted molar refractivity (Wildman–Crippen MR) is 97.7 cm³/mol. The van der Waals surface area contributed by atoms with Gasteiger partial charge in [0.1, 0.15) is 0 Å². The molecule has 2 aromatic carbocycles. The van der Waals surface area contributed by atoms with Crippen LogP contribution in [0.25, 0.3) is 21.8 Å². The number of aromatic amines is 1. The molecule has 1 aliphatic heterocycles. The minimum atomic E-state index is -0.467. The van der Waals surface area contributed by atoms with Crippen LogP contribution >= 0.6 is 0 Å². The monoisotopic (exact) mass is 336 g/mol. The summed E-state index contributed by atoms with van der Waals surface area (Å²) in [5, 5.41) is 1.91. The maximum Gasteiger partial charge on any atom is 0.254 e. The highest BCUT2D eigenvalue weighted by Crippen LogP contribution is 2.28. The lowest BCUT2D eigenvalue weighted by molar-refractivity contribution is 0.0664. The Morgan fingerprint density at radius 2 is 1.80 bits per heavy atom. The number of fused-ring (bicyclic) bond motifs is 3. The number of benzene rings is 2. The molecule has 2 heterocycles. The Labute approximate surface area is 145 Å². The summed E-state index contributed by atoms with van der Waals surface area (Å²) in [6.07, 6.45) is 0. The van der Waals surface area contributed by atoms with Gasteiger partial charge in [-0.25, -0.2) is 0 Å². The molecule has 1 aromatic heterocycles. The molecule has 0 saturated carbocycles. The van der Waals surface area contributed by atoms with E-state index in [0.29, 0.717) is 16.6 Å². The largest absolute Gasteiger partial charge is 0.366 e. The zero-order valence-corrected chi connectivity index (χ0v) is 14.1. The van der Waals surface area contributed by atoms with Crippen molar-refractivity contribution in [3.8, 4) is 0 Å². The highest BCUT2D eigenvalue weighted by molar-refractivity contribution is 6.15. The Balaban J connectivity index is 1.75. The average Bonchev–Trinajstić information content (AvgIpc) is 2.99. The third-order valence-electron chi connectivity index (χ3n) is 4.94. The molecule has 6 heteroatoms. The van der Waals surface area contributed by atoms with Crippen LogP contribution in [0.3, 0.4) is 0 Å². The van der Waals surface area contributed by atoms with E-state index in [0.717, 1.165) is 42.5 Å². The van der Waals surface area contributed by atoms with Gasteiger partial charge in [0.15, 0.2) is 0 Å². The molecule has 128 valence electrons. The van der Waals surface area contributed by atoms with E-state index >= 15 is 0 Å². The Kier molecular flexibility index (Phi) is 3.69. The fourth-order valence-corrected chi connectivity index (χ4v) is 3.46. The first-order chi connectivity index (χ1) is 12.0. The molecular formula is C19H20N4O2. The van der Waals surface area contributed by atoms with Crippen molar-refractivity contribution in [3.63, 3.8) is 0 Å². The highest BCUT2D eigenvalue weighted by Gasteiger charge is 2.21. The molecular weight excluding hydrogens is 316 g/mol. The zero-order valence-electron chi connectivity index (χ0n) is 14.1. The first kappa shape index (κ1) is 15.7. The molecule has 1 aliphatic rings. The standard InChI is InChI=1S/C19H20N4O2/c1-22-7-9-23(10-8-22)19(25)12-5-6-13-14-3-2-4-15(18(20)24)17(14)21-16(13)11-12/h2-6,11,21H,7-10H2,1H3,(H2,20,24). The van der Waals surface area contributed by atoms with Gasteiger partial charge in [0.05, 0.1) is 11.1 Å². The number of amides is 2. The van der Waals surface area contributed by atoms with Crippen molar-refractivity contribution in [3.05, 3.63) is 47.5 Å². The van der Waals surface area contributed by atoms with E-state index in [9.17, 15) is 9.59 Å². The van der Waals surface area contributed by atoms with E-state index in [-0.39, 0.29) is 5.91 Å². The van der Waals surface area contributed by atoms with Crippen LogP contribution in [0, 0.1) is 0 Å². The van der Waals surface area contributed by atoms with Gasteiger partial charge in [0.2, 0.25) is 0 Å². The van der Waals surface area contributed by atoms with Gasteiger partial charge in [-0.1, -0.05) is 18.2 Å². The number of carbonyl (C=O) groups is 2. The maximum absolute atomic E-state index is 12.8. The molecule has 0 spiro atoms. The molecule has 2 amide bonds. The van der Waals surface area contributed by atoms with Crippen molar-refractivity contribution >= 4 is 33.6 Å². The van der Waals surface area contributed by atoms with E-state index in [1.54, 1.807) is 6.07 Å². The van der Waals surface area contributed by atoms with E-state index in [4.69, 9.17) is 5.73 Å². The van der Waals surface area contributed by atoms with Crippen molar-refractivity contribution in [1.29, 1.82) is 0 Å². The smallest absolute Gasteiger partial charge is 0.254 e. The number of nitrogens with one attached hydrogen (secondary N) is 1. The Morgan fingerprint density at radius 3 is 2.52 bits per heavy atom. The number of hydrogen-bond acceptors (Lipinski definition) is 3. The maximum atomic E-state index is 12.8. The summed E-state index contributed by atoms with van der Waals surface area (Å²) < 4.78 is 0. The van der Waals surface area contributed by atoms with E-state index < -0.39 is 5.91 Å². The van der Waals surface area contributed by atoms with Crippen molar-refractivity contribution in [2.75, 3.05) is 33.2 Å². The second-order valence-electron chi connectivity index (χ2n) is 6.57. The molecule has 0 unspecified atom stereocenters. The Hall–Kier alpha value is -2.86. The summed E-state index contributed by atoms with van der Waals surface area (Å²) in [6, 6.07) is 11.1. The van der Waals surface area contributed by atoms with Crippen LogP contribution in [0.15, 0.2) is 36.4 Å². The van der Waals surface area contributed by atoms with Crippen LogP contribution in [-0.4, -0.2) is 59.8 Å². The number of piperazine rings is 1. The van der Waals surface area contributed by atoms with Gasteiger partial charge < -0.3 is 20.5 Å². The molecule has 4 rings (SSSR count). The van der Waals surface area contributed by atoms with Gasteiger partial charge in [-0.05, 0) is 25.2 Å². The molecule has 0 radical (unpaired) electrons. The van der Waals surface area contributed by atoms with Crippen molar-refractivity contribution < 1.29 is 9.59 Å². The molecule has 1 fully saturated rings. The topological polar surface area (TPSA) is 82.4 Å². The minimum Gasteiger partial charge on any atom is -0.366 e. The number of primary amides is 1. The van der Waals surface area contributed by atoms with Gasteiger partial charge >= 0.3 is 0 Å². The lowest BCUT2D eigenvalue weighted by Gasteiger charge is -2.32. The summed E-state index contributed by atoms with van der Waals surface area (Å²) in [6.45, 7) is 3.27. The zero-order chi connectivity index (χ0) is 17.6. The van der Waals surface area contributed by atoms with Crippen LogP contribution in [-0.2, 0) is 0 Å². The molecule has 3 N–H and O–H groups in total. The number of likely N-dealkylation sites (N-methyl/N-ethyl adjacent to an activating group) is 1.